The number of nitrogens with one attached hydrogen (secondary N) is 1. The lowest BCUT2D eigenvalue weighted by molar-refractivity contribution is -0.158. The molecule has 3 heterocycles. The average molecular weight is 445 g/mol. The first kappa shape index (κ1) is 24.2. The van der Waals surface area contributed by atoms with E-state index in [2.05, 4.69) is 15.4 Å². The first-order valence-corrected chi connectivity index (χ1v) is 11.8. The Morgan fingerprint density at radius 3 is 2.53 bits per heavy atom. The van der Waals surface area contributed by atoms with Crippen LogP contribution in [0.4, 0.5) is 5.82 Å². The van der Waals surface area contributed by atoms with Crippen LogP contribution in [0.2, 0.25) is 0 Å². The van der Waals surface area contributed by atoms with Gasteiger partial charge in [0.05, 0.1) is 11.6 Å². The highest BCUT2D eigenvalue weighted by molar-refractivity contribution is 5.95. The van der Waals surface area contributed by atoms with Gasteiger partial charge in [-0.25, -0.2) is 9.50 Å². The molecule has 2 atom stereocenters. The highest BCUT2D eigenvalue weighted by Gasteiger charge is 2.39. The standard InChI is InChI=1S/C24H36N4O4/c1-6-16(7-2)22(29)27-21-19-11-10-18(28(19)26-15-25-21)20-12-13-24(5,32-20)14-31-23(30)17(8-3)9-4/h10-11,15-17,20H,6-9,12-14H2,1-5H3,(H,25,26,27,29)/t20?,24-/m0/s1. The van der Waals surface area contributed by atoms with Gasteiger partial charge in [-0.1, -0.05) is 27.7 Å². The predicted octanol–water partition coefficient (Wildman–Crippen LogP) is 4.69. The molecule has 1 saturated heterocycles. The molecule has 1 N–H and O–H groups in total. The topological polar surface area (TPSA) is 94.8 Å². The van der Waals surface area contributed by atoms with Crippen LogP contribution in [0.25, 0.3) is 5.52 Å². The van der Waals surface area contributed by atoms with E-state index in [0.29, 0.717) is 5.82 Å². The van der Waals surface area contributed by atoms with Crippen LogP contribution in [0, 0.1) is 11.8 Å². The van der Waals surface area contributed by atoms with Crippen molar-refractivity contribution in [2.75, 3.05) is 11.9 Å². The predicted molar refractivity (Wildman–Crippen MR) is 122 cm³/mol. The van der Waals surface area contributed by atoms with Gasteiger partial charge in [0.15, 0.2) is 5.82 Å². The van der Waals surface area contributed by atoms with Crippen molar-refractivity contribution in [2.24, 2.45) is 11.8 Å². The quantitative estimate of drug-likeness (QED) is 0.534. The molecule has 3 rings (SSSR count). The molecule has 32 heavy (non-hydrogen) atoms. The fourth-order valence-electron chi connectivity index (χ4n) is 4.35. The molecule has 1 fully saturated rings. The summed E-state index contributed by atoms with van der Waals surface area (Å²) in [6.07, 6.45) is 5.98. The second kappa shape index (κ2) is 10.4. The number of amides is 1. The van der Waals surface area contributed by atoms with Crippen LogP contribution in [0.3, 0.4) is 0 Å². The summed E-state index contributed by atoms with van der Waals surface area (Å²) in [7, 11) is 0. The Bertz CT molecular complexity index is 935. The molecule has 1 amide bonds. The first-order chi connectivity index (χ1) is 15.4. The lowest BCUT2D eigenvalue weighted by Crippen LogP contribution is -2.33. The van der Waals surface area contributed by atoms with E-state index in [-0.39, 0.29) is 36.4 Å². The summed E-state index contributed by atoms with van der Waals surface area (Å²) < 4.78 is 13.7. The number of nitrogens with zero attached hydrogens (tertiary/aromatic N) is 3. The van der Waals surface area contributed by atoms with E-state index < -0.39 is 5.60 Å². The molecule has 0 aliphatic carbocycles. The fraction of sp³-hybridized carbons (Fsp3) is 0.667. The zero-order valence-corrected chi connectivity index (χ0v) is 19.9. The van der Waals surface area contributed by atoms with Gasteiger partial charge in [-0.15, -0.1) is 0 Å². The Kier molecular flexibility index (Phi) is 7.87. The number of fused-ring (bicyclic) bond motifs is 1. The second-order valence-corrected chi connectivity index (χ2v) is 8.88. The summed E-state index contributed by atoms with van der Waals surface area (Å²) in [5.74, 6) is 0.226. The highest BCUT2D eigenvalue weighted by atomic mass is 16.6. The van der Waals surface area contributed by atoms with Crippen molar-refractivity contribution in [1.82, 2.24) is 14.6 Å². The SMILES string of the molecule is CCC(CC)C(=O)Nc1ncnn2c(C3CC[C@@](C)(COC(=O)C(CC)CC)O3)ccc12. The minimum atomic E-state index is -0.532. The van der Waals surface area contributed by atoms with Crippen LogP contribution < -0.4 is 5.32 Å². The number of esters is 1. The van der Waals surface area contributed by atoms with Crippen molar-refractivity contribution in [3.63, 3.8) is 0 Å². The molecule has 0 aromatic carbocycles. The fourth-order valence-corrected chi connectivity index (χ4v) is 4.35. The monoisotopic (exact) mass is 444 g/mol. The van der Waals surface area contributed by atoms with Crippen molar-refractivity contribution in [1.29, 1.82) is 0 Å². The zero-order valence-electron chi connectivity index (χ0n) is 19.9. The molecule has 2 aromatic heterocycles. The third kappa shape index (κ3) is 5.11. The molecule has 0 radical (unpaired) electrons. The van der Waals surface area contributed by atoms with Crippen molar-refractivity contribution in [3.05, 3.63) is 24.2 Å². The number of hydrogen-bond acceptors (Lipinski definition) is 6. The first-order valence-electron chi connectivity index (χ1n) is 11.8. The number of rotatable bonds is 10. The molecule has 0 spiro atoms. The maximum absolute atomic E-state index is 12.5. The van der Waals surface area contributed by atoms with E-state index in [1.54, 1.807) is 4.52 Å². The average Bonchev–Trinajstić information content (AvgIpc) is 3.39. The Hall–Kier alpha value is -2.48. The maximum Gasteiger partial charge on any atom is 0.309 e. The van der Waals surface area contributed by atoms with Crippen molar-refractivity contribution >= 4 is 23.2 Å². The van der Waals surface area contributed by atoms with Crippen molar-refractivity contribution < 1.29 is 19.1 Å². The summed E-state index contributed by atoms with van der Waals surface area (Å²) in [6.45, 7) is 10.2. The molecular formula is C24H36N4O4. The molecule has 1 aliphatic rings. The van der Waals surface area contributed by atoms with E-state index in [4.69, 9.17) is 9.47 Å². The third-order valence-electron chi connectivity index (χ3n) is 6.61. The molecule has 0 saturated carbocycles. The van der Waals surface area contributed by atoms with Gasteiger partial charge in [-0.3, -0.25) is 9.59 Å². The minimum Gasteiger partial charge on any atom is -0.462 e. The van der Waals surface area contributed by atoms with E-state index in [9.17, 15) is 9.59 Å². The van der Waals surface area contributed by atoms with Crippen LogP contribution in [0.1, 0.15) is 84.9 Å². The number of ether oxygens (including phenoxy) is 2. The zero-order chi connectivity index (χ0) is 23.3. The molecule has 176 valence electrons. The van der Waals surface area contributed by atoms with Crippen molar-refractivity contribution in [3.8, 4) is 0 Å². The summed E-state index contributed by atoms with van der Waals surface area (Å²) >= 11 is 0. The van der Waals surface area contributed by atoms with Crippen LogP contribution in [-0.2, 0) is 19.1 Å². The molecule has 2 aromatic rings. The number of carbonyl (C=O) groups excluding carboxylic acids is 2. The second-order valence-electron chi connectivity index (χ2n) is 8.88. The lowest BCUT2D eigenvalue weighted by Gasteiger charge is -2.25. The Morgan fingerprint density at radius 2 is 1.88 bits per heavy atom. The largest absolute Gasteiger partial charge is 0.462 e. The van der Waals surface area contributed by atoms with E-state index >= 15 is 0 Å². The van der Waals surface area contributed by atoms with Gasteiger partial charge in [0.2, 0.25) is 5.91 Å². The van der Waals surface area contributed by atoms with E-state index in [1.165, 1.54) is 6.33 Å². The third-order valence-corrected chi connectivity index (χ3v) is 6.61. The van der Waals surface area contributed by atoms with E-state index in [1.807, 2.05) is 46.8 Å². The number of aromatic nitrogens is 3. The molecule has 8 nitrogen and oxygen atoms in total. The van der Waals surface area contributed by atoms with Crippen molar-refractivity contribution in [2.45, 2.75) is 84.8 Å². The number of carbonyl (C=O) groups is 2. The van der Waals surface area contributed by atoms with Gasteiger partial charge in [0, 0.05) is 5.92 Å². The number of hydrogen-bond donors (Lipinski definition) is 1. The Labute approximate surface area is 190 Å². The van der Waals surface area contributed by atoms with Gasteiger partial charge in [0.1, 0.15) is 30.2 Å². The lowest BCUT2D eigenvalue weighted by atomic mass is 10.0. The van der Waals surface area contributed by atoms with Crippen LogP contribution in [-0.4, -0.2) is 38.7 Å². The minimum absolute atomic E-state index is 0.0256. The molecule has 0 bridgehead atoms. The maximum atomic E-state index is 12.5. The van der Waals surface area contributed by atoms with Crippen LogP contribution >= 0.6 is 0 Å². The van der Waals surface area contributed by atoms with Gasteiger partial charge in [0.25, 0.3) is 0 Å². The normalized spacial score (nSPS) is 20.9. The highest BCUT2D eigenvalue weighted by Crippen LogP contribution is 2.40. The van der Waals surface area contributed by atoms with E-state index in [0.717, 1.165) is 49.7 Å². The molecule has 1 aliphatic heterocycles. The van der Waals surface area contributed by atoms with Gasteiger partial charge in [-0.2, -0.15) is 5.10 Å². The molecule has 8 heteroatoms. The summed E-state index contributed by atoms with van der Waals surface area (Å²) in [4.78, 5) is 29.1. The van der Waals surface area contributed by atoms with Crippen LogP contribution in [0.5, 0.6) is 0 Å². The van der Waals surface area contributed by atoms with Gasteiger partial charge < -0.3 is 14.8 Å². The summed E-state index contributed by atoms with van der Waals surface area (Å²) in [5, 5.41) is 7.35. The molecule has 1 unspecified atom stereocenters. The Morgan fingerprint density at radius 1 is 1.19 bits per heavy atom. The summed E-state index contributed by atoms with van der Waals surface area (Å²) in [5.41, 5.74) is 1.10. The smallest absolute Gasteiger partial charge is 0.309 e. The Balaban J connectivity index is 1.71. The summed E-state index contributed by atoms with van der Waals surface area (Å²) in [6, 6.07) is 3.87. The number of anilines is 1. The van der Waals surface area contributed by atoms with Crippen LogP contribution in [0.15, 0.2) is 18.5 Å². The van der Waals surface area contributed by atoms with Gasteiger partial charge in [-0.05, 0) is 57.6 Å². The van der Waals surface area contributed by atoms with Gasteiger partial charge >= 0.3 is 5.97 Å². The molecular weight excluding hydrogens is 408 g/mol.